The molecule has 2 heterocycles. The molecule has 168 valence electrons. The van der Waals surface area contributed by atoms with Crippen molar-refractivity contribution in [3.8, 4) is 0 Å². The molecule has 2 fully saturated rings. The van der Waals surface area contributed by atoms with E-state index in [2.05, 4.69) is 0 Å². The molecule has 32 heavy (non-hydrogen) atoms. The lowest BCUT2D eigenvalue weighted by Crippen LogP contribution is -2.50. The fourth-order valence-corrected chi connectivity index (χ4v) is 4.09. The second kappa shape index (κ2) is 8.64. The first kappa shape index (κ1) is 21.9. The number of carbonyl (C=O) groups is 3. The first-order chi connectivity index (χ1) is 15.3. The van der Waals surface area contributed by atoms with Crippen LogP contribution in [0.25, 0.3) is 0 Å². The van der Waals surface area contributed by atoms with Crippen molar-refractivity contribution in [2.75, 3.05) is 37.6 Å². The van der Waals surface area contributed by atoms with Crippen LogP contribution in [0.15, 0.2) is 48.5 Å². The van der Waals surface area contributed by atoms with Crippen LogP contribution in [0.4, 0.5) is 18.9 Å². The summed E-state index contributed by atoms with van der Waals surface area (Å²) in [6.45, 7) is 1.42. The number of benzene rings is 2. The highest BCUT2D eigenvalue weighted by Gasteiger charge is 2.36. The molecule has 0 bridgehead atoms. The molecule has 0 saturated carbocycles. The van der Waals surface area contributed by atoms with Gasteiger partial charge in [-0.05, 0) is 42.8 Å². The minimum atomic E-state index is -4.62. The van der Waals surface area contributed by atoms with Crippen molar-refractivity contribution in [1.29, 1.82) is 0 Å². The largest absolute Gasteiger partial charge is 0.417 e. The minimum absolute atomic E-state index is 0.0666. The standard InChI is InChI=1S/C23H22F3N3O3/c24-23(25,26)19-5-2-1-4-18(19)22(32)28-14-12-27(13-15-28)21(31)16-7-9-17(10-8-16)29-11-3-6-20(29)30/h1-2,4-5,7-10H,3,6,11-15H2. The van der Waals surface area contributed by atoms with Crippen molar-refractivity contribution < 1.29 is 27.6 Å². The summed E-state index contributed by atoms with van der Waals surface area (Å²) in [5.41, 5.74) is -0.128. The van der Waals surface area contributed by atoms with Crippen LogP contribution in [0.2, 0.25) is 0 Å². The highest BCUT2D eigenvalue weighted by molar-refractivity contribution is 5.98. The highest BCUT2D eigenvalue weighted by Crippen LogP contribution is 2.32. The number of nitrogens with zero attached hydrogens (tertiary/aromatic N) is 3. The Morgan fingerprint density at radius 2 is 1.38 bits per heavy atom. The molecule has 0 unspecified atom stereocenters. The van der Waals surface area contributed by atoms with Gasteiger partial charge in [0.25, 0.3) is 11.8 Å². The zero-order chi connectivity index (χ0) is 22.9. The molecular formula is C23H22F3N3O3. The number of hydrogen-bond donors (Lipinski definition) is 0. The number of alkyl halides is 3. The molecule has 0 spiro atoms. The summed E-state index contributed by atoms with van der Waals surface area (Å²) in [4.78, 5) is 42.0. The van der Waals surface area contributed by atoms with Crippen LogP contribution < -0.4 is 4.90 Å². The topological polar surface area (TPSA) is 60.9 Å². The van der Waals surface area contributed by atoms with Gasteiger partial charge in [-0.1, -0.05) is 12.1 Å². The van der Waals surface area contributed by atoms with E-state index in [0.717, 1.165) is 18.2 Å². The van der Waals surface area contributed by atoms with Crippen LogP contribution in [0.3, 0.4) is 0 Å². The first-order valence-corrected chi connectivity index (χ1v) is 10.4. The summed E-state index contributed by atoms with van der Waals surface area (Å²) >= 11 is 0. The Bertz CT molecular complexity index is 1030. The normalized spacial score (nSPS) is 17.1. The zero-order valence-corrected chi connectivity index (χ0v) is 17.3. The first-order valence-electron chi connectivity index (χ1n) is 10.4. The molecule has 4 rings (SSSR count). The van der Waals surface area contributed by atoms with E-state index in [-0.39, 0.29) is 43.6 Å². The van der Waals surface area contributed by atoms with Gasteiger partial charge in [-0.15, -0.1) is 0 Å². The average molecular weight is 445 g/mol. The molecule has 2 saturated heterocycles. The maximum absolute atomic E-state index is 13.2. The Kier molecular flexibility index (Phi) is 5.90. The fraction of sp³-hybridized carbons (Fsp3) is 0.348. The lowest BCUT2D eigenvalue weighted by Gasteiger charge is -2.35. The quantitative estimate of drug-likeness (QED) is 0.728. The maximum atomic E-state index is 13.2. The predicted octanol–water partition coefficient (Wildman–Crippen LogP) is 3.43. The van der Waals surface area contributed by atoms with Gasteiger partial charge in [0.15, 0.2) is 0 Å². The van der Waals surface area contributed by atoms with E-state index in [9.17, 15) is 27.6 Å². The monoisotopic (exact) mass is 445 g/mol. The molecule has 0 atom stereocenters. The number of anilines is 1. The Hall–Kier alpha value is -3.36. The van der Waals surface area contributed by atoms with Crippen molar-refractivity contribution >= 4 is 23.4 Å². The van der Waals surface area contributed by atoms with Crippen LogP contribution >= 0.6 is 0 Å². The molecule has 0 radical (unpaired) electrons. The third kappa shape index (κ3) is 4.32. The van der Waals surface area contributed by atoms with Crippen LogP contribution in [-0.2, 0) is 11.0 Å². The molecular weight excluding hydrogens is 423 g/mol. The van der Waals surface area contributed by atoms with Gasteiger partial charge in [0.1, 0.15) is 0 Å². The van der Waals surface area contributed by atoms with Crippen molar-refractivity contribution in [3.63, 3.8) is 0 Å². The highest BCUT2D eigenvalue weighted by atomic mass is 19.4. The predicted molar refractivity (Wildman–Crippen MR) is 111 cm³/mol. The third-order valence-electron chi connectivity index (χ3n) is 5.82. The van der Waals surface area contributed by atoms with Crippen LogP contribution in [0, 0.1) is 0 Å². The SMILES string of the molecule is O=C(c1ccc(N2CCCC2=O)cc1)N1CCN(C(=O)c2ccccc2C(F)(F)F)CC1. The van der Waals surface area contributed by atoms with E-state index < -0.39 is 17.6 Å². The van der Waals surface area contributed by atoms with Crippen molar-refractivity contribution in [3.05, 3.63) is 65.2 Å². The van der Waals surface area contributed by atoms with Gasteiger partial charge in [0.05, 0.1) is 11.1 Å². The fourth-order valence-electron chi connectivity index (χ4n) is 4.09. The summed E-state index contributed by atoms with van der Waals surface area (Å²) in [6, 6.07) is 11.5. The molecule has 3 amide bonds. The van der Waals surface area contributed by atoms with Gasteiger partial charge in [0.2, 0.25) is 5.91 Å². The number of rotatable bonds is 3. The summed E-state index contributed by atoms with van der Waals surface area (Å²) in [5.74, 6) is -0.839. The van der Waals surface area contributed by atoms with Gasteiger partial charge in [0, 0.05) is 50.4 Å². The van der Waals surface area contributed by atoms with E-state index in [1.54, 1.807) is 34.1 Å². The van der Waals surface area contributed by atoms with Crippen LogP contribution in [0.5, 0.6) is 0 Å². The van der Waals surface area contributed by atoms with Crippen molar-refractivity contribution in [1.82, 2.24) is 9.80 Å². The van der Waals surface area contributed by atoms with Crippen molar-refractivity contribution in [2.45, 2.75) is 19.0 Å². The second-order valence-corrected chi connectivity index (χ2v) is 7.82. The molecule has 2 aromatic carbocycles. The van der Waals surface area contributed by atoms with E-state index >= 15 is 0 Å². The van der Waals surface area contributed by atoms with Gasteiger partial charge in [-0.3, -0.25) is 14.4 Å². The maximum Gasteiger partial charge on any atom is 0.417 e. The average Bonchev–Trinajstić information content (AvgIpc) is 3.23. The van der Waals surface area contributed by atoms with Crippen LogP contribution in [-0.4, -0.2) is 60.2 Å². The second-order valence-electron chi connectivity index (χ2n) is 7.82. The lowest BCUT2D eigenvalue weighted by atomic mass is 10.1. The molecule has 6 nitrogen and oxygen atoms in total. The molecule has 0 N–H and O–H groups in total. The zero-order valence-electron chi connectivity index (χ0n) is 17.3. The molecule has 0 aromatic heterocycles. The number of hydrogen-bond acceptors (Lipinski definition) is 3. The molecule has 2 aliphatic rings. The third-order valence-corrected chi connectivity index (χ3v) is 5.82. The summed E-state index contributed by atoms with van der Waals surface area (Å²) in [5, 5.41) is 0. The van der Waals surface area contributed by atoms with Gasteiger partial charge >= 0.3 is 6.18 Å². The smallest absolute Gasteiger partial charge is 0.335 e. The van der Waals surface area contributed by atoms with Gasteiger partial charge in [-0.25, -0.2) is 0 Å². The molecule has 9 heteroatoms. The number of piperazine rings is 1. The van der Waals surface area contributed by atoms with E-state index in [1.807, 2.05) is 0 Å². The molecule has 2 aromatic rings. The Morgan fingerprint density at radius 1 is 0.781 bits per heavy atom. The Morgan fingerprint density at radius 3 is 1.94 bits per heavy atom. The van der Waals surface area contributed by atoms with Gasteiger partial charge in [-0.2, -0.15) is 13.2 Å². The lowest BCUT2D eigenvalue weighted by molar-refractivity contribution is -0.138. The Labute approximate surface area is 183 Å². The summed E-state index contributed by atoms with van der Waals surface area (Å²) in [6.07, 6.45) is -3.27. The number of amides is 3. The number of halogens is 3. The molecule has 2 aliphatic heterocycles. The summed E-state index contributed by atoms with van der Waals surface area (Å²) < 4.78 is 39.7. The van der Waals surface area contributed by atoms with Gasteiger partial charge < -0.3 is 14.7 Å². The minimum Gasteiger partial charge on any atom is -0.335 e. The van der Waals surface area contributed by atoms with E-state index in [4.69, 9.17) is 0 Å². The van der Waals surface area contributed by atoms with Crippen LogP contribution in [0.1, 0.15) is 39.1 Å². The van der Waals surface area contributed by atoms with E-state index in [0.29, 0.717) is 18.5 Å². The van der Waals surface area contributed by atoms with Crippen molar-refractivity contribution in [2.24, 2.45) is 0 Å². The van der Waals surface area contributed by atoms with E-state index in [1.165, 1.54) is 23.1 Å². The Balaban J connectivity index is 1.39. The number of carbonyl (C=O) groups excluding carboxylic acids is 3. The summed E-state index contributed by atoms with van der Waals surface area (Å²) in [7, 11) is 0. The molecule has 0 aliphatic carbocycles.